The second kappa shape index (κ2) is 15.7. The number of nitro benzene ring substituents is 1. The predicted octanol–water partition coefficient (Wildman–Crippen LogP) is 1.23. The number of thiocarbonyl (C=S) groups is 1. The lowest BCUT2D eigenvalue weighted by atomic mass is 9.77. The molecule has 1 unspecified atom stereocenters. The number of aliphatic hydroxyl groups excluding tert-OH is 1. The van der Waals surface area contributed by atoms with Crippen molar-refractivity contribution in [3.63, 3.8) is 0 Å². The van der Waals surface area contributed by atoms with Crippen LogP contribution in [0.4, 0.5) is 5.69 Å². The van der Waals surface area contributed by atoms with Crippen molar-refractivity contribution in [3.05, 3.63) is 98.9 Å². The van der Waals surface area contributed by atoms with Crippen LogP contribution >= 0.6 is 52.3 Å². The third-order valence-corrected chi connectivity index (χ3v) is 10.9. The standard InChI is InChI=1S/C32H32N6O6S3.2BrH/c1-17-24(23-14-35-16-36(30(46-3)29(35)47-23)22(13-34-32(33)45)20-7-5-4-6-8-20)27(37-26(17)25(18(2)39)28(37)40)31(41)44-15-19-9-11-21(12-10-19)38(42)43;;/h4-12,14,16-18,22,25-26,39H,13,15H2,1-3H3,(H2-,33,34,45);2*1H/t17-,18+,22?,25+,26+;;/m0../s1. The number of amides is 1. The fourth-order valence-corrected chi connectivity index (χ4v) is 8.80. The number of fused-ring (bicyclic) bond motifs is 2. The number of thioether (sulfide) groups is 1. The second-order valence-electron chi connectivity index (χ2n) is 11.5. The van der Waals surface area contributed by atoms with Gasteiger partial charge in [-0.05, 0) is 48.7 Å². The van der Waals surface area contributed by atoms with E-state index < -0.39 is 22.9 Å². The smallest absolute Gasteiger partial charge is 0.355 e. The van der Waals surface area contributed by atoms with Crippen molar-refractivity contribution in [3.8, 4) is 0 Å². The van der Waals surface area contributed by atoms with Crippen molar-refractivity contribution in [2.24, 2.45) is 17.6 Å². The minimum absolute atomic E-state index is 0. The number of esters is 1. The van der Waals surface area contributed by atoms with Crippen molar-refractivity contribution in [1.82, 2.24) is 14.6 Å². The molecule has 2 aliphatic heterocycles. The number of hydrogen-bond donors (Lipinski definition) is 3. The first-order valence-corrected chi connectivity index (χ1v) is 17.3. The maximum Gasteiger partial charge on any atom is 0.355 e. The molecule has 4 heterocycles. The van der Waals surface area contributed by atoms with Crippen LogP contribution < -0.4 is 32.6 Å². The van der Waals surface area contributed by atoms with Gasteiger partial charge < -0.3 is 42.8 Å². The number of nitrogens with one attached hydrogen (secondary N) is 1. The molecule has 1 fully saturated rings. The van der Waals surface area contributed by atoms with Gasteiger partial charge in [-0.25, -0.2) is 9.36 Å². The summed E-state index contributed by atoms with van der Waals surface area (Å²) in [5.74, 6) is -1.89. The van der Waals surface area contributed by atoms with Crippen molar-refractivity contribution >= 4 is 85.4 Å². The highest BCUT2D eigenvalue weighted by atomic mass is 79.9. The molecule has 0 bridgehead atoms. The quantitative estimate of drug-likeness (QED) is 0.0382. The van der Waals surface area contributed by atoms with Gasteiger partial charge >= 0.3 is 5.97 Å². The molecule has 6 rings (SSSR count). The number of halogens is 2. The number of nitrogens with zero attached hydrogens (tertiary/aromatic N) is 4. The van der Waals surface area contributed by atoms with Crippen molar-refractivity contribution < 1.29 is 45.9 Å². The summed E-state index contributed by atoms with van der Waals surface area (Å²) in [6.07, 6.45) is 5.09. The normalized spacial score (nSPS) is 19.3. The van der Waals surface area contributed by atoms with E-state index in [0.29, 0.717) is 17.7 Å². The summed E-state index contributed by atoms with van der Waals surface area (Å²) in [7, 11) is 0. The number of benzene rings is 2. The van der Waals surface area contributed by atoms with Gasteiger partial charge in [-0.1, -0.05) is 60.4 Å². The molecule has 0 aliphatic carbocycles. The number of β-lactam (4-membered cyclic amide) rings is 1. The molecule has 0 saturated carbocycles. The summed E-state index contributed by atoms with van der Waals surface area (Å²) in [4.78, 5) is 40.8. The van der Waals surface area contributed by atoms with E-state index in [0.717, 1.165) is 20.3 Å². The van der Waals surface area contributed by atoms with Crippen LogP contribution in [0.3, 0.4) is 0 Å². The van der Waals surface area contributed by atoms with E-state index in [2.05, 4.69) is 22.0 Å². The van der Waals surface area contributed by atoms with Gasteiger partial charge in [0, 0.05) is 23.6 Å². The van der Waals surface area contributed by atoms with Crippen LogP contribution in [0.1, 0.15) is 35.9 Å². The fourth-order valence-electron chi connectivity index (χ4n) is 6.51. The molecule has 260 valence electrons. The first kappa shape index (κ1) is 38.5. The summed E-state index contributed by atoms with van der Waals surface area (Å²) in [5, 5.41) is 25.8. The number of aliphatic hydroxyl groups is 1. The Morgan fingerprint density at radius 3 is 2.51 bits per heavy atom. The number of carbonyl (C=O) groups is 2. The van der Waals surface area contributed by atoms with Gasteiger partial charge in [-0.3, -0.25) is 14.9 Å². The van der Waals surface area contributed by atoms with E-state index >= 15 is 0 Å². The Bertz CT molecular complexity index is 1920. The summed E-state index contributed by atoms with van der Waals surface area (Å²) >= 11 is 8.20. The van der Waals surface area contributed by atoms with Crippen LogP contribution in [0, 0.1) is 22.0 Å². The zero-order chi connectivity index (χ0) is 33.6. The molecule has 0 radical (unpaired) electrons. The molecule has 2 aliphatic rings. The first-order valence-electron chi connectivity index (χ1n) is 14.9. The lowest BCUT2D eigenvalue weighted by Crippen LogP contribution is -3.00. The summed E-state index contributed by atoms with van der Waals surface area (Å²) < 4.78 is 9.89. The lowest BCUT2D eigenvalue weighted by Gasteiger charge is -2.46. The minimum Gasteiger partial charge on any atom is -1.00 e. The van der Waals surface area contributed by atoms with E-state index in [4.69, 9.17) is 22.7 Å². The highest BCUT2D eigenvalue weighted by Gasteiger charge is 2.60. The van der Waals surface area contributed by atoms with Gasteiger partial charge in [0.1, 0.15) is 24.5 Å². The lowest BCUT2D eigenvalue weighted by molar-refractivity contribution is -0.743. The highest BCUT2D eigenvalue weighted by Crippen LogP contribution is 2.52. The Morgan fingerprint density at radius 1 is 1.24 bits per heavy atom. The minimum atomic E-state index is -0.881. The van der Waals surface area contributed by atoms with E-state index in [1.54, 1.807) is 18.7 Å². The zero-order valence-corrected chi connectivity index (χ0v) is 32.3. The number of ether oxygens (including phenoxy) is 1. The molecule has 5 atom stereocenters. The number of aromatic nitrogens is 2. The van der Waals surface area contributed by atoms with E-state index in [-0.39, 0.29) is 81.0 Å². The summed E-state index contributed by atoms with van der Waals surface area (Å²) in [6.45, 7) is 3.90. The first-order chi connectivity index (χ1) is 22.5. The van der Waals surface area contributed by atoms with E-state index in [9.17, 15) is 24.8 Å². The largest absolute Gasteiger partial charge is 1.00 e. The van der Waals surface area contributed by atoms with Gasteiger partial charge in [0.25, 0.3) is 12.0 Å². The molecule has 1 amide bonds. The average Bonchev–Trinajstić information content (AvgIpc) is 3.67. The van der Waals surface area contributed by atoms with Crippen LogP contribution in [0.15, 0.2) is 77.8 Å². The molecule has 17 heteroatoms. The average molecular weight is 855 g/mol. The van der Waals surface area contributed by atoms with Crippen LogP contribution in [0.25, 0.3) is 10.4 Å². The number of imidazole rings is 1. The molecular formula is C32H34Br2N6O6S3. The zero-order valence-electron chi connectivity index (χ0n) is 26.5. The Balaban J connectivity index is 0.00000270. The van der Waals surface area contributed by atoms with Crippen LogP contribution in [0.2, 0.25) is 0 Å². The van der Waals surface area contributed by atoms with Gasteiger partial charge in [-0.2, -0.15) is 4.40 Å². The third kappa shape index (κ3) is 7.14. The fraction of sp³-hybridized carbons (Fsp3) is 0.312. The number of nitro groups is 1. The molecule has 49 heavy (non-hydrogen) atoms. The van der Waals surface area contributed by atoms with Gasteiger partial charge in [0.05, 0.1) is 34.4 Å². The molecule has 4 N–H and O–H groups in total. The number of rotatable bonds is 11. The third-order valence-electron chi connectivity index (χ3n) is 8.69. The molecule has 0 spiro atoms. The summed E-state index contributed by atoms with van der Waals surface area (Å²) in [6, 6.07) is 15.3. The molecule has 2 aromatic carbocycles. The number of nitrogens with two attached hydrogens (primary N) is 1. The SMILES string of the molecule is Br.CSc1c2sc(C3=C(C(=O)OCc4ccc([N+](=O)[O-])cc4)N4C(=O)[C@H]([C@@H](C)O)[C@H]4[C@H]3C)cn2c[n+]1C(CNC(N)=S)c1ccccc1.[Br-]. The molecule has 12 nitrogen and oxygen atoms in total. The second-order valence-corrected chi connectivity index (χ2v) is 13.8. The number of hydrogen-bond acceptors (Lipinski definition) is 9. The molecule has 2 aromatic heterocycles. The van der Waals surface area contributed by atoms with Crippen molar-refractivity contribution in [2.75, 3.05) is 12.8 Å². The number of non-ortho nitro benzene ring substituents is 1. The topological polar surface area (TPSA) is 156 Å². The Hall–Kier alpha value is -3.35. The van der Waals surface area contributed by atoms with Crippen molar-refractivity contribution in [1.29, 1.82) is 0 Å². The highest BCUT2D eigenvalue weighted by molar-refractivity contribution is 8.93. The monoisotopic (exact) mass is 852 g/mol. The van der Waals surface area contributed by atoms with Crippen molar-refractivity contribution in [2.45, 2.75) is 43.7 Å². The van der Waals surface area contributed by atoms with E-state index in [1.807, 2.05) is 48.3 Å². The Morgan fingerprint density at radius 2 is 1.92 bits per heavy atom. The van der Waals surface area contributed by atoms with E-state index in [1.165, 1.54) is 40.5 Å². The van der Waals surface area contributed by atoms with Gasteiger partial charge in [0.15, 0.2) is 5.11 Å². The molecule has 1 saturated heterocycles. The molecule has 4 aromatic rings. The Kier molecular flexibility index (Phi) is 12.3. The Labute approximate surface area is 317 Å². The van der Waals surface area contributed by atoms with Crippen LogP contribution in [-0.4, -0.2) is 61.3 Å². The predicted molar refractivity (Wildman–Crippen MR) is 192 cm³/mol. The number of thiazole rings is 1. The number of carbonyl (C=O) groups excluding carboxylic acids is 2. The van der Waals surface area contributed by atoms with Crippen LogP contribution in [-0.2, 0) is 20.9 Å². The summed E-state index contributed by atoms with van der Waals surface area (Å²) in [5.41, 5.74) is 8.22. The maximum atomic E-state index is 13.8. The van der Waals surface area contributed by atoms with Gasteiger partial charge in [0.2, 0.25) is 15.8 Å². The maximum absolute atomic E-state index is 13.8. The van der Waals surface area contributed by atoms with Gasteiger partial charge in [-0.15, -0.1) is 17.0 Å². The van der Waals surface area contributed by atoms with Crippen LogP contribution in [0.5, 0.6) is 0 Å². The molecular weight excluding hydrogens is 820 g/mol.